The number of amides is 3. The van der Waals surface area contributed by atoms with Crippen LogP contribution in [0.25, 0.3) is 0 Å². The highest BCUT2D eigenvalue weighted by Crippen LogP contribution is 2.14. The van der Waals surface area contributed by atoms with E-state index in [2.05, 4.69) is 10.6 Å². The summed E-state index contributed by atoms with van der Waals surface area (Å²) in [5, 5.41) is 4.67. The smallest absolute Gasteiger partial charge is 0.251 e. The molecule has 0 bridgehead atoms. The van der Waals surface area contributed by atoms with Crippen LogP contribution in [0.4, 0.5) is 0 Å². The Morgan fingerprint density at radius 2 is 1.83 bits per heavy atom. The van der Waals surface area contributed by atoms with E-state index in [1.54, 1.807) is 0 Å². The van der Waals surface area contributed by atoms with Crippen LogP contribution < -0.4 is 10.6 Å². The molecule has 3 amide bonds. The summed E-state index contributed by atoms with van der Waals surface area (Å²) in [7, 11) is -0.730. The zero-order chi connectivity index (χ0) is 17.2. The highest BCUT2D eigenvalue weighted by Gasteiger charge is 2.28. The van der Waals surface area contributed by atoms with Gasteiger partial charge in [0.15, 0.2) is 0 Å². The van der Waals surface area contributed by atoms with Gasteiger partial charge in [-0.2, -0.15) is 0 Å². The van der Waals surface area contributed by atoms with Gasteiger partial charge in [0.2, 0.25) is 21.8 Å². The molecule has 2 N–H and O–H groups in total. The molecule has 1 heterocycles. The molecule has 124 valence electrons. The third-order valence-corrected chi connectivity index (χ3v) is 5.27. The van der Waals surface area contributed by atoms with E-state index in [0.29, 0.717) is 0 Å². The molecule has 1 aromatic carbocycles. The Morgan fingerprint density at radius 1 is 1.22 bits per heavy atom. The van der Waals surface area contributed by atoms with Gasteiger partial charge in [0.25, 0.3) is 5.91 Å². The van der Waals surface area contributed by atoms with Crippen molar-refractivity contribution in [3.63, 3.8) is 0 Å². The van der Waals surface area contributed by atoms with Gasteiger partial charge in [-0.1, -0.05) is 0 Å². The number of imide groups is 1. The van der Waals surface area contributed by atoms with Gasteiger partial charge >= 0.3 is 0 Å². The number of nitrogens with one attached hydrogen (secondary N) is 2. The average molecular weight is 339 g/mol. The van der Waals surface area contributed by atoms with Gasteiger partial charge in [0.05, 0.1) is 4.90 Å². The van der Waals surface area contributed by atoms with Crippen LogP contribution in [0.2, 0.25) is 0 Å². The number of sulfonamides is 1. The van der Waals surface area contributed by atoms with Crippen LogP contribution >= 0.6 is 0 Å². The third-order valence-electron chi connectivity index (χ3n) is 3.44. The normalized spacial score (nSPS) is 18.7. The lowest BCUT2D eigenvalue weighted by molar-refractivity contribution is -0.134. The van der Waals surface area contributed by atoms with Gasteiger partial charge in [-0.25, -0.2) is 12.7 Å². The van der Waals surface area contributed by atoms with Crippen molar-refractivity contribution in [2.75, 3.05) is 14.1 Å². The fraction of sp³-hybridized carbons (Fsp3) is 0.357. The number of nitrogens with zero attached hydrogens (tertiary/aromatic N) is 1. The Kier molecular flexibility index (Phi) is 4.81. The van der Waals surface area contributed by atoms with Gasteiger partial charge in [0.1, 0.15) is 6.04 Å². The average Bonchev–Trinajstić information content (AvgIpc) is 2.50. The summed E-state index contributed by atoms with van der Waals surface area (Å²) < 4.78 is 25.0. The van der Waals surface area contributed by atoms with E-state index in [4.69, 9.17) is 0 Å². The summed E-state index contributed by atoms with van der Waals surface area (Å²) in [4.78, 5) is 34.8. The standard InChI is InChI=1S/C14H17N3O5S/c1-17(2)23(21,22)10-5-3-9(4-6-10)13(19)15-11-7-8-12(18)16-14(11)20/h3-6,11H,7-8H2,1-2H3,(H,15,19)(H,16,18,20). The third kappa shape index (κ3) is 3.74. The minimum atomic E-state index is -3.56. The number of hydrogen-bond donors (Lipinski definition) is 2. The van der Waals surface area contributed by atoms with Crippen molar-refractivity contribution in [3.8, 4) is 0 Å². The molecule has 1 aliphatic rings. The second-order valence-corrected chi connectivity index (χ2v) is 7.44. The summed E-state index contributed by atoms with van der Waals surface area (Å²) in [6.07, 6.45) is 0.403. The Bertz CT molecular complexity index is 740. The van der Waals surface area contributed by atoms with Crippen LogP contribution in [0, 0.1) is 0 Å². The topological polar surface area (TPSA) is 113 Å². The van der Waals surface area contributed by atoms with Crippen molar-refractivity contribution in [1.29, 1.82) is 0 Å². The zero-order valence-electron chi connectivity index (χ0n) is 12.7. The van der Waals surface area contributed by atoms with Crippen molar-refractivity contribution in [2.45, 2.75) is 23.8 Å². The summed E-state index contributed by atoms with van der Waals surface area (Å²) in [6.45, 7) is 0. The fourth-order valence-corrected chi connectivity index (χ4v) is 2.96. The Labute approximate surface area is 133 Å². The maximum absolute atomic E-state index is 12.1. The lowest BCUT2D eigenvalue weighted by Crippen LogP contribution is -2.52. The van der Waals surface area contributed by atoms with E-state index in [9.17, 15) is 22.8 Å². The molecular weight excluding hydrogens is 322 g/mol. The van der Waals surface area contributed by atoms with Crippen molar-refractivity contribution in [2.24, 2.45) is 0 Å². The molecule has 9 heteroatoms. The molecule has 1 atom stereocenters. The number of hydrogen-bond acceptors (Lipinski definition) is 5. The van der Waals surface area contributed by atoms with E-state index in [1.165, 1.54) is 38.4 Å². The maximum atomic E-state index is 12.1. The molecule has 0 saturated carbocycles. The summed E-state index contributed by atoms with van der Waals surface area (Å²) in [5.74, 6) is -1.41. The molecule has 0 radical (unpaired) electrons. The van der Waals surface area contributed by atoms with E-state index in [0.717, 1.165) is 4.31 Å². The molecule has 1 aromatic rings. The minimum Gasteiger partial charge on any atom is -0.340 e. The molecule has 1 unspecified atom stereocenters. The first kappa shape index (κ1) is 17.1. The predicted molar refractivity (Wildman–Crippen MR) is 81.0 cm³/mol. The highest BCUT2D eigenvalue weighted by molar-refractivity contribution is 7.89. The van der Waals surface area contributed by atoms with Crippen molar-refractivity contribution in [1.82, 2.24) is 14.9 Å². The van der Waals surface area contributed by atoms with E-state index >= 15 is 0 Å². The van der Waals surface area contributed by atoms with Crippen LogP contribution in [0.1, 0.15) is 23.2 Å². The molecule has 1 fully saturated rings. The molecule has 0 aromatic heterocycles. The fourth-order valence-electron chi connectivity index (χ4n) is 2.06. The van der Waals surface area contributed by atoms with E-state index in [1.807, 2.05) is 0 Å². The molecule has 1 aliphatic heterocycles. The lowest BCUT2D eigenvalue weighted by Gasteiger charge is -2.21. The number of rotatable bonds is 4. The second kappa shape index (κ2) is 6.47. The molecule has 0 spiro atoms. The minimum absolute atomic E-state index is 0.0695. The van der Waals surface area contributed by atoms with Gasteiger partial charge < -0.3 is 5.32 Å². The molecule has 0 aliphatic carbocycles. The second-order valence-electron chi connectivity index (χ2n) is 5.29. The first-order valence-corrected chi connectivity index (χ1v) is 8.33. The lowest BCUT2D eigenvalue weighted by atomic mass is 10.1. The van der Waals surface area contributed by atoms with Gasteiger partial charge in [-0.3, -0.25) is 19.7 Å². The largest absolute Gasteiger partial charge is 0.340 e. The Hall–Kier alpha value is -2.26. The molecule has 8 nitrogen and oxygen atoms in total. The van der Waals surface area contributed by atoms with E-state index in [-0.39, 0.29) is 29.2 Å². The number of carbonyl (C=O) groups excluding carboxylic acids is 3. The predicted octanol–water partition coefficient (Wildman–Crippen LogP) is -0.528. The number of piperidine rings is 1. The monoisotopic (exact) mass is 339 g/mol. The SMILES string of the molecule is CN(C)S(=O)(=O)c1ccc(C(=O)NC2CCC(=O)NC2=O)cc1. The zero-order valence-corrected chi connectivity index (χ0v) is 13.5. The van der Waals surface area contributed by atoms with Gasteiger partial charge in [-0.05, 0) is 30.7 Å². The van der Waals surface area contributed by atoms with Crippen LogP contribution in [0.3, 0.4) is 0 Å². The van der Waals surface area contributed by atoms with E-state index < -0.39 is 27.9 Å². The van der Waals surface area contributed by atoms with Crippen LogP contribution in [0.5, 0.6) is 0 Å². The summed E-state index contributed by atoms with van der Waals surface area (Å²) in [6, 6.07) is 4.63. The number of carbonyl (C=O) groups is 3. The first-order chi connectivity index (χ1) is 10.7. The van der Waals surface area contributed by atoms with Crippen LogP contribution in [-0.2, 0) is 19.6 Å². The van der Waals surface area contributed by atoms with Crippen LogP contribution in [-0.4, -0.2) is 50.6 Å². The summed E-state index contributed by atoms with van der Waals surface area (Å²) in [5.41, 5.74) is 0.229. The molecule has 23 heavy (non-hydrogen) atoms. The Morgan fingerprint density at radius 3 is 2.35 bits per heavy atom. The highest BCUT2D eigenvalue weighted by atomic mass is 32.2. The molecular formula is C14H17N3O5S. The number of benzene rings is 1. The van der Waals surface area contributed by atoms with Crippen LogP contribution in [0.15, 0.2) is 29.2 Å². The Balaban J connectivity index is 2.09. The van der Waals surface area contributed by atoms with Crippen molar-refractivity contribution in [3.05, 3.63) is 29.8 Å². The summed E-state index contributed by atoms with van der Waals surface area (Å²) >= 11 is 0. The molecule has 2 rings (SSSR count). The maximum Gasteiger partial charge on any atom is 0.251 e. The first-order valence-electron chi connectivity index (χ1n) is 6.89. The van der Waals surface area contributed by atoms with Gasteiger partial charge in [-0.15, -0.1) is 0 Å². The van der Waals surface area contributed by atoms with Crippen molar-refractivity contribution >= 4 is 27.7 Å². The van der Waals surface area contributed by atoms with Gasteiger partial charge in [0, 0.05) is 26.1 Å². The quantitative estimate of drug-likeness (QED) is 0.716. The molecule has 1 saturated heterocycles. The van der Waals surface area contributed by atoms with Crippen molar-refractivity contribution < 1.29 is 22.8 Å².